The van der Waals surface area contributed by atoms with Crippen molar-refractivity contribution in [1.82, 2.24) is 19.7 Å². The maximum atomic E-state index is 11.1. The van der Waals surface area contributed by atoms with E-state index in [-0.39, 0.29) is 11.5 Å². The summed E-state index contributed by atoms with van der Waals surface area (Å²) in [7, 11) is 1.79. The first kappa shape index (κ1) is 14.0. The minimum Gasteiger partial charge on any atom is -0.478 e. The summed E-state index contributed by atoms with van der Waals surface area (Å²) in [5, 5.41) is 16.3. The topological polar surface area (TPSA) is 92.9 Å². The Labute approximate surface area is 116 Å². The van der Waals surface area contributed by atoms with Gasteiger partial charge in [0.15, 0.2) is 5.82 Å². The zero-order valence-corrected chi connectivity index (χ0v) is 11.7. The zero-order valence-electron chi connectivity index (χ0n) is 11.7. The molecule has 0 atom stereocenters. The van der Waals surface area contributed by atoms with Gasteiger partial charge in [-0.2, -0.15) is 5.10 Å². The third-order valence-corrected chi connectivity index (χ3v) is 2.76. The number of carboxylic acid groups (broad SMARTS) is 1. The molecule has 0 amide bonds. The molecule has 0 bridgehead atoms. The molecule has 0 unspecified atom stereocenters. The molecule has 2 aromatic rings. The van der Waals surface area contributed by atoms with Gasteiger partial charge in [-0.05, 0) is 18.1 Å². The number of aryl methyl sites for hydroxylation is 1. The number of anilines is 1. The lowest BCUT2D eigenvalue weighted by Crippen LogP contribution is -2.08. The normalized spacial score (nSPS) is 10.8. The van der Waals surface area contributed by atoms with Crippen LogP contribution in [0.4, 0.5) is 5.82 Å². The molecule has 7 heteroatoms. The van der Waals surface area contributed by atoms with Crippen LogP contribution in [-0.2, 0) is 13.6 Å². The van der Waals surface area contributed by atoms with Gasteiger partial charge in [0.1, 0.15) is 12.1 Å². The number of carbonyl (C=O) groups is 1. The molecule has 2 aromatic heterocycles. The van der Waals surface area contributed by atoms with Crippen molar-refractivity contribution in [1.29, 1.82) is 0 Å². The first-order chi connectivity index (χ1) is 9.45. The number of aromatic nitrogens is 4. The van der Waals surface area contributed by atoms with E-state index in [1.165, 1.54) is 6.07 Å². The largest absolute Gasteiger partial charge is 0.478 e. The second-order valence-corrected chi connectivity index (χ2v) is 4.81. The highest BCUT2D eigenvalue weighted by Crippen LogP contribution is 2.18. The van der Waals surface area contributed by atoms with Crippen molar-refractivity contribution in [3.05, 3.63) is 35.5 Å². The molecular formula is C13H17N5O2. The molecule has 20 heavy (non-hydrogen) atoms. The Kier molecular flexibility index (Phi) is 3.97. The van der Waals surface area contributed by atoms with Crippen LogP contribution >= 0.6 is 0 Å². The van der Waals surface area contributed by atoms with Gasteiger partial charge in [-0.25, -0.2) is 14.8 Å². The summed E-state index contributed by atoms with van der Waals surface area (Å²) < 4.78 is 1.61. The molecule has 0 aliphatic carbocycles. The minimum atomic E-state index is -0.965. The molecule has 2 rings (SSSR count). The van der Waals surface area contributed by atoms with Gasteiger partial charge in [0.25, 0.3) is 0 Å². The maximum Gasteiger partial charge on any atom is 0.335 e. The molecule has 106 valence electrons. The molecule has 0 saturated carbocycles. The molecule has 2 heterocycles. The van der Waals surface area contributed by atoms with Gasteiger partial charge in [0, 0.05) is 12.7 Å². The first-order valence-electron chi connectivity index (χ1n) is 6.29. The second kappa shape index (κ2) is 5.68. The third kappa shape index (κ3) is 3.31. The minimum absolute atomic E-state index is 0.155. The van der Waals surface area contributed by atoms with Crippen molar-refractivity contribution >= 4 is 11.8 Å². The van der Waals surface area contributed by atoms with E-state index in [4.69, 9.17) is 5.11 Å². The highest BCUT2D eigenvalue weighted by Gasteiger charge is 2.11. The number of aromatic carboxylic acids is 1. The Morgan fingerprint density at radius 3 is 2.75 bits per heavy atom. The van der Waals surface area contributed by atoms with Crippen molar-refractivity contribution < 1.29 is 9.90 Å². The highest BCUT2D eigenvalue weighted by atomic mass is 16.4. The lowest BCUT2D eigenvalue weighted by atomic mass is 10.1. The first-order valence-corrected chi connectivity index (χ1v) is 6.29. The Bertz CT molecular complexity index is 621. The van der Waals surface area contributed by atoms with Crippen LogP contribution in [-0.4, -0.2) is 30.8 Å². The van der Waals surface area contributed by atoms with E-state index in [0.29, 0.717) is 18.2 Å². The number of hydrogen-bond donors (Lipinski definition) is 2. The SMILES string of the molecule is CC(C)c1cc(C(=O)O)cc(NCc2ncn(C)n2)n1. The predicted octanol–water partition coefficient (Wildman–Crippen LogP) is 1.64. The molecule has 0 saturated heterocycles. The number of hydrogen-bond acceptors (Lipinski definition) is 5. The van der Waals surface area contributed by atoms with Gasteiger partial charge >= 0.3 is 5.97 Å². The number of pyridine rings is 1. The Morgan fingerprint density at radius 1 is 1.45 bits per heavy atom. The molecule has 0 aromatic carbocycles. The summed E-state index contributed by atoms with van der Waals surface area (Å²) in [6.07, 6.45) is 1.61. The van der Waals surface area contributed by atoms with Crippen LogP contribution in [0, 0.1) is 0 Å². The molecule has 0 fully saturated rings. The van der Waals surface area contributed by atoms with Crippen LogP contribution in [0.25, 0.3) is 0 Å². The Balaban J connectivity index is 2.19. The summed E-state index contributed by atoms with van der Waals surface area (Å²) in [5.41, 5.74) is 0.960. The van der Waals surface area contributed by atoms with Crippen LogP contribution in [0.3, 0.4) is 0 Å². The molecule has 0 aliphatic heterocycles. The lowest BCUT2D eigenvalue weighted by Gasteiger charge is -2.10. The third-order valence-electron chi connectivity index (χ3n) is 2.76. The average Bonchev–Trinajstić information content (AvgIpc) is 2.81. The van der Waals surface area contributed by atoms with Crippen LogP contribution in [0.5, 0.6) is 0 Å². The molecule has 0 spiro atoms. The average molecular weight is 275 g/mol. The Hall–Kier alpha value is -2.44. The number of rotatable bonds is 5. The zero-order chi connectivity index (χ0) is 14.7. The fourth-order valence-corrected chi connectivity index (χ4v) is 1.70. The van der Waals surface area contributed by atoms with Crippen LogP contribution in [0.2, 0.25) is 0 Å². The molecule has 0 radical (unpaired) electrons. The van der Waals surface area contributed by atoms with Crippen LogP contribution in [0.15, 0.2) is 18.5 Å². The van der Waals surface area contributed by atoms with Gasteiger partial charge in [-0.15, -0.1) is 0 Å². The van der Waals surface area contributed by atoms with E-state index in [0.717, 1.165) is 5.69 Å². The van der Waals surface area contributed by atoms with Crippen molar-refractivity contribution in [2.24, 2.45) is 7.05 Å². The van der Waals surface area contributed by atoms with Gasteiger partial charge in [-0.1, -0.05) is 13.8 Å². The molecule has 0 aliphatic rings. The monoisotopic (exact) mass is 275 g/mol. The van der Waals surface area contributed by atoms with Gasteiger partial charge < -0.3 is 10.4 Å². The summed E-state index contributed by atoms with van der Waals surface area (Å²) in [4.78, 5) is 19.6. The summed E-state index contributed by atoms with van der Waals surface area (Å²) in [6.45, 7) is 4.34. The van der Waals surface area contributed by atoms with Crippen LogP contribution < -0.4 is 5.32 Å². The number of carboxylic acids is 1. The summed E-state index contributed by atoms with van der Waals surface area (Å²) in [5.74, 6) is 0.332. The standard InChI is InChI=1S/C13H17N5O2/c1-8(2)10-4-9(13(19)20)5-11(16-10)14-6-12-15-7-18(3)17-12/h4-5,7-8H,6H2,1-3H3,(H,14,16)(H,19,20). The van der Waals surface area contributed by atoms with E-state index < -0.39 is 5.97 Å². The van der Waals surface area contributed by atoms with Gasteiger partial charge in [0.2, 0.25) is 0 Å². The lowest BCUT2D eigenvalue weighted by molar-refractivity contribution is 0.0696. The smallest absolute Gasteiger partial charge is 0.335 e. The fourth-order valence-electron chi connectivity index (χ4n) is 1.70. The summed E-state index contributed by atoms with van der Waals surface area (Å²) in [6, 6.07) is 3.11. The van der Waals surface area contributed by atoms with E-state index in [9.17, 15) is 4.79 Å². The van der Waals surface area contributed by atoms with Crippen molar-refractivity contribution in [3.8, 4) is 0 Å². The van der Waals surface area contributed by atoms with E-state index in [1.54, 1.807) is 24.1 Å². The summed E-state index contributed by atoms with van der Waals surface area (Å²) >= 11 is 0. The quantitative estimate of drug-likeness (QED) is 0.861. The molecule has 7 nitrogen and oxygen atoms in total. The highest BCUT2D eigenvalue weighted by molar-refractivity contribution is 5.88. The predicted molar refractivity (Wildman–Crippen MR) is 73.6 cm³/mol. The van der Waals surface area contributed by atoms with Crippen molar-refractivity contribution in [2.75, 3.05) is 5.32 Å². The van der Waals surface area contributed by atoms with E-state index in [2.05, 4.69) is 20.4 Å². The maximum absolute atomic E-state index is 11.1. The van der Waals surface area contributed by atoms with E-state index in [1.807, 2.05) is 13.8 Å². The second-order valence-electron chi connectivity index (χ2n) is 4.81. The number of nitrogens with zero attached hydrogens (tertiary/aromatic N) is 4. The molecular weight excluding hydrogens is 258 g/mol. The van der Waals surface area contributed by atoms with Gasteiger partial charge in [0.05, 0.1) is 12.1 Å². The fraction of sp³-hybridized carbons (Fsp3) is 0.385. The van der Waals surface area contributed by atoms with Crippen LogP contribution in [0.1, 0.15) is 41.6 Å². The van der Waals surface area contributed by atoms with Crippen molar-refractivity contribution in [3.63, 3.8) is 0 Å². The van der Waals surface area contributed by atoms with Crippen molar-refractivity contribution in [2.45, 2.75) is 26.3 Å². The number of nitrogens with one attached hydrogen (secondary N) is 1. The van der Waals surface area contributed by atoms with E-state index >= 15 is 0 Å². The molecule has 2 N–H and O–H groups in total. The van der Waals surface area contributed by atoms with Gasteiger partial charge in [-0.3, -0.25) is 4.68 Å². The Morgan fingerprint density at radius 2 is 2.20 bits per heavy atom.